The van der Waals surface area contributed by atoms with Crippen molar-refractivity contribution in [1.82, 2.24) is 19.8 Å². The number of piperidine rings is 1. The lowest BCUT2D eigenvalue weighted by atomic mass is 10.0. The minimum absolute atomic E-state index is 0.0230. The van der Waals surface area contributed by atoms with Gasteiger partial charge in [-0.05, 0) is 33.2 Å². The quantitative estimate of drug-likeness (QED) is 0.894. The number of nitrogens with one attached hydrogen (secondary N) is 1. The Hall–Kier alpha value is -1.36. The van der Waals surface area contributed by atoms with Gasteiger partial charge in [-0.2, -0.15) is 0 Å². The minimum Gasteiger partial charge on any atom is -0.332 e. The van der Waals surface area contributed by atoms with E-state index in [4.69, 9.17) is 0 Å². The fourth-order valence-electron chi connectivity index (χ4n) is 2.55. The van der Waals surface area contributed by atoms with Gasteiger partial charge >= 0.3 is 0 Å². The SMILES string of the molecule is CC(C)N(CC1CCCCN1)C(=O)c1nccn1C. The normalized spacial score (nSPS) is 19.7. The number of hydrogen-bond donors (Lipinski definition) is 1. The van der Waals surface area contributed by atoms with E-state index in [-0.39, 0.29) is 11.9 Å². The van der Waals surface area contributed by atoms with Crippen molar-refractivity contribution in [3.8, 4) is 0 Å². The van der Waals surface area contributed by atoms with E-state index >= 15 is 0 Å². The average molecular weight is 264 g/mol. The topological polar surface area (TPSA) is 50.2 Å². The van der Waals surface area contributed by atoms with Crippen LogP contribution in [0, 0.1) is 0 Å². The monoisotopic (exact) mass is 264 g/mol. The molecule has 1 aliphatic heterocycles. The van der Waals surface area contributed by atoms with E-state index in [1.807, 2.05) is 18.1 Å². The van der Waals surface area contributed by atoms with Crippen LogP contribution in [0.15, 0.2) is 12.4 Å². The Balaban J connectivity index is 2.07. The third-order valence-corrected chi connectivity index (χ3v) is 3.73. The van der Waals surface area contributed by atoms with Gasteiger partial charge in [-0.15, -0.1) is 0 Å². The highest BCUT2D eigenvalue weighted by Crippen LogP contribution is 2.12. The lowest BCUT2D eigenvalue weighted by Crippen LogP contribution is -2.48. The standard InChI is InChI=1S/C14H24N4O/c1-11(2)18(10-12-6-4-5-7-15-12)14(19)13-16-8-9-17(13)3/h8-9,11-12,15H,4-7,10H2,1-3H3. The lowest BCUT2D eigenvalue weighted by Gasteiger charge is -2.33. The van der Waals surface area contributed by atoms with E-state index in [0.29, 0.717) is 11.9 Å². The first-order chi connectivity index (χ1) is 9.09. The Labute approximate surface area is 115 Å². The zero-order chi connectivity index (χ0) is 13.8. The van der Waals surface area contributed by atoms with Gasteiger partial charge < -0.3 is 14.8 Å². The second-order valence-electron chi connectivity index (χ2n) is 5.56. The maximum absolute atomic E-state index is 12.6. The number of carbonyl (C=O) groups excluding carboxylic acids is 1. The van der Waals surface area contributed by atoms with Gasteiger partial charge in [-0.3, -0.25) is 4.79 Å². The fraction of sp³-hybridized carbons (Fsp3) is 0.714. The lowest BCUT2D eigenvalue weighted by molar-refractivity contribution is 0.0660. The molecule has 1 aromatic heterocycles. The van der Waals surface area contributed by atoms with Crippen LogP contribution in [-0.2, 0) is 7.05 Å². The molecule has 0 aromatic carbocycles. The summed E-state index contributed by atoms with van der Waals surface area (Å²) >= 11 is 0. The Morgan fingerprint density at radius 1 is 1.58 bits per heavy atom. The summed E-state index contributed by atoms with van der Waals surface area (Å²) in [6.45, 7) is 5.95. The second kappa shape index (κ2) is 6.19. The summed E-state index contributed by atoms with van der Waals surface area (Å²) in [4.78, 5) is 18.6. The summed E-state index contributed by atoms with van der Waals surface area (Å²) in [7, 11) is 1.86. The molecule has 106 valence electrons. The molecule has 1 aliphatic rings. The summed E-state index contributed by atoms with van der Waals surface area (Å²) < 4.78 is 1.78. The molecule has 2 rings (SSSR count). The molecule has 1 fully saturated rings. The highest BCUT2D eigenvalue weighted by Gasteiger charge is 2.25. The maximum Gasteiger partial charge on any atom is 0.290 e. The van der Waals surface area contributed by atoms with Gasteiger partial charge in [0.05, 0.1) is 0 Å². The first-order valence-electron chi connectivity index (χ1n) is 7.11. The maximum atomic E-state index is 12.6. The summed E-state index contributed by atoms with van der Waals surface area (Å²) in [6, 6.07) is 0.605. The van der Waals surface area contributed by atoms with Crippen LogP contribution in [0.2, 0.25) is 0 Å². The van der Waals surface area contributed by atoms with Gasteiger partial charge in [0.1, 0.15) is 0 Å². The van der Waals surface area contributed by atoms with Crippen molar-refractivity contribution < 1.29 is 4.79 Å². The molecule has 1 atom stereocenters. The van der Waals surface area contributed by atoms with Crippen LogP contribution in [0.1, 0.15) is 43.7 Å². The van der Waals surface area contributed by atoms with Crippen LogP contribution < -0.4 is 5.32 Å². The number of hydrogen-bond acceptors (Lipinski definition) is 3. The van der Waals surface area contributed by atoms with Crippen molar-refractivity contribution in [1.29, 1.82) is 0 Å². The zero-order valence-corrected chi connectivity index (χ0v) is 12.1. The van der Waals surface area contributed by atoms with Crippen LogP contribution in [-0.4, -0.2) is 45.5 Å². The first kappa shape index (κ1) is 14.1. The third-order valence-electron chi connectivity index (χ3n) is 3.73. The molecule has 0 saturated carbocycles. The number of imidazole rings is 1. The van der Waals surface area contributed by atoms with Crippen LogP contribution in [0.5, 0.6) is 0 Å². The van der Waals surface area contributed by atoms with E-state index in [1.165, 1.54) is 12.8 Å². The zero-order valence-electron chi connectivity index (χ0n) is 12.1. The number of rotatable bonds is 4. The molecule has 1 aromatic rings. The van der Waals surface area contributed by atoms with Crippen LogP contribution in [0.4, 0.5) is 0 Å². The number of nitrogens with zero attached hydrogens (tertiary/aromatic N) is 3. The number of amides is 1. The van der Waals surface area contributed by atoms with Gasteiger partial charge in [0.15, 0.2) is 5.82 Å². The van der Waals surface area contributed by atoms with Crippen molar-refractivity contribution in [3.63, 3.8) is 0 Å². The largest absolute Gasteiger partial charge is 0.332 e. The van der Waals surface area contributed by atoms with Gasteiger partial charge in [0.25, 0.3) is 5.91 Å². The number of aryl methyl sites for hydroxylation is 1. The molecule has 1 amide bonds. The molecular formula is C14H24N4O. The second-order valence-corrected chi connectivity index (χ2v) is 5.56. The molecule has 0 aliphatic carbocycles. The van der Waals surface area contributed by atoms with Crippen LogP contribution >= 0.6 is 0 Å². The summed E-state index contributed by atoms with van der Waals surface area (Å²) in [5.74, 6) is 0.541. The van der Waals surface area contributed by atoms with Crippen molar-refractivity contribution >= 4 is 5.91 Å². The Bertz CT molecular complexity index is 421. The molecule has 1 N–H and O–H groups in total. The molecule has 0 spiro atoms. The molecule has 1 unspecified atom stereocenters. The van der Waals surface area contributed by atoms with E-state index in [1.54, 1.807) is 10.8 Å². The van der Waals surface area contributed by atoms with Crippen molar-refractivity contribution in [2.45, 2.75) is 45.2 Å². The minimum atomic E-state index is 0.0230. The van der Waals surface area contributed by atoms with E-state index in [2.05, 4.69) is 24.1 Å². The Morgan fingerprint density at radius 2 is 2.37 bits per heavy atom. The molecule has 5 heteroatoms. The Morgan fingerprint density at radius 3 is 2.89 bits per heavy atom. The highest BCUT2D eigenvalue weighted by molar-refractivity contribution is 5.91. The van der Waals surface area contributed by atoms with Crippen LogP contribution in [0.3, 0.4) is 0 Å². The van der Waals surface area contributed by atoms with Crippen molar-refractivity contribution in [2.24, 2.45) is 7.05 Å². The smallest absolute Gasteiger partial charge is 0.290 e. The third kappa shape index (κ3) is 3.35. The first-order valence-corrected chi connectivity index (χ1v) is 7.11. The number of aromatic nitrogens is 2. The van der Waals surface area contributed by atoms with Gasteiger partial charge in [-0.25, -0.2) is 4.98 Å². The molecule has 0 bridgehead atoms. The van der Waals surface area contributed by atoms with E-state index in [9.17, 15) is 4.79 Å². The number of carbonyl (C=O) groups is 1. The summed E-state index contributed by atoms with van der Waals surface area (Å²) in [6.07, 6.45) is 7.12. The van der Waals surface area contributed by atoms with Crippen molar-refractivity contribution in [3.05, 3.63) is 18.2 Å². The van der Waals surface area contributed by atoms with E-state index in [0.717, 1.165) is 19.5 Å². The van der Waals surface area contributed by atoms with Crippen LogP contribution in [0.25, 0.3) is 0 Å². The average Bonchev–Trinajstić information content (AvgIpc) is 2.82. The fourth-order valence-corrected chi connectivity index (χ4v) is 2.55. The molecule has 1 saturated heterocycles. The van der Waals surface area contributed by atoms with Gasteiger partial charge in [-0.1, -0.05) is 6.42 Å². The predicted octanol–water partition coefficient (Wildman–Crippen LogP) is 1.41. The molecule has 0 radical (unpaired) electrons. The van der Waals surface area contributed by atoms with Gasteiger partial charge in [0, 0.05) is 38.1 Å². The molecule has 19 heavy (non-hydrogen) atoms. The molecular weight excluding hydrogens is 240 g/mol. The van der Waals surface area contributed by atoms with E-state index < -0.39 is 0 Å². The Kier molecular flexibility index (Phi) is 4.58. The summed E-state index contributed by atoms with van der Waals surface area (Å²) in [5.41, 5.74) is 0. The molecule has 2 heterocycles. The highest BCUT2D eigenvalue weighted by atomic mass is 16.2. The molecule has 5 nitrogen and oxygen atoms in total. The van der Waals surface area contributed by atoms with Crippen molar-refractivity contribution in [2.75, 3.05) is 13.1 Å². The predicted molar refractivity (Wildman–Crippen MR) is 75.0 cm³/mol. The van der Waals surface area contributed by atoms with Gasteiger partial charge in [0.2, 0.25) is 0 Å². The summed E-state index contributed by atoms with van der Waals surface area (Å²) in [5, 5.41) is 3.50.